The molecule has 0 aromatic rings. The second-order valence-electron chi connectivity index (χ2n) is 5.03. The monoisotopic (exact) mass is 211 g/mol. The van der Waals surface area contributed by atoms with Crippen LogP contribution in [0.2, 0.25) is 0 Å². The van der Waals surface area contributed by atoms with E-state index in [9.17, 15) is 4.79 Å². The summed E-state index contributed by atoms with van der Waals surface area (Å²) < 4.78 is 0. The lowest BCUT2D eigenvalue weighted by molar-refractivity contribution is -0.138. The van der Waals surface area contributed by atoms with Gasteiger partial charge >= 0.3 is 0 Å². The van der Waals surface area contributed by atoms with E-state index >= 15 is 0 Å². The number of hydrogen-bond donors (Lipinski definition) is 1. The molecule has 0 spiro atoms. The normalized spacial score (nSPS) is 30.7. The average Bonchev–Trinajstić information content (AvgIpc) is 2.93. The van der Waals surface area contributed by atoms with Crippen molar-refractivity contribution in [2.45, 2.75) is 44.8 Å². The summed E-state index contributed by atoms with van der Waals surface area (Å²) in [5, 5.41) is 0. The van der Waals surface area contributed by atoms with Gasteiger partial charge in [-0.1, -0.05) is 0 Å². The van der Waals surface area contributed by atoms with Crippen molar-refractivity contribution in [2.24, 2.45) is 5.73 Å². The van der Waals surface area contributed by atoms with Crippen LogP contribution in [-0.2, 0) is 4.79 Å². The Balaban J connectivity index is 1.93. The van der Waals surface area contributed by atoms with Crippen molar-refractivity contribution in [3.63, 3.8) is 0 Å². The Morgan fingerprint density at radius 1 is 1.53 bits per heavy atom. The van der Waals surface area contributed by atoms with Crippen molar-refractivity contribution in [3.8, 4) is 0 Å². The Hall–Kier alpha value is -0.610. The third-order valence-corrected chi connectivity index (χ3v) is 3.25. The predicted octanol–water partition coefficient (Wildman–Crippen LogP) is 0.0287. The summed E-state index contributed by atoms with van der Waals surface area (Å²) in [6.45, 7) is 6.44. The molecule has 0 bridgehead atoms. The van der Waals surface area contributed by atoms with Gasteiger partial charge in [0.15, 0.2) is 0 Å². The van der Waals surface area contributed by atoms with Gasteiger partial charge in [0.05, 0.1) is 6.54 Å². The molecule has 1 amide bonds. The lowest BCUT2D eigenvalue weighted by Gasteiger charge is -2.40. The Morgan fingerprint density at radius 3 is 2.73 bits per heavy atom. The van der Waals surface area contributed by atoms with Crippen molar-refractivity contribution in [2.75, 3.05) is 19.6 Å². The first-order valence-corrected chi connectivity index (χ1v) is 5.87. The molecule has 4 heteroatoms. The van der Waals surface area contributed by atoms with Crippen LogP contribution in [0.3, 0.4) is 0 Å². The van der Waals surface area contributed by atoms with Crippen LogP contribution < -0.4 is 5.73 Å². The van der Waals surface area contributed by atoms with Crippen LogP contribution >= 0.6 is 0 Å². The molecule has 2 fully saturated rings. The van der Waals surface area contributed by atoms with Gasteiger partial charge in [-0.05, 0) is 26.7 Å². The van der Waals surface area contributed by atoms with Crippen molar-refractivity contribution >= 4 is 5.91 Å². The molecule has 1 heterocycles. The largest absolute Gasteiger partial charge is 0.337 e. The van der Waals surface area contributed by atoms with E-state index in [0.29, 0.717) is 18.6 Å². The highest BCUT2D eigenvalue weighted by Gasteiger charge is 2.38. The SMILES string of the molecule is CC(N)CN1CC(=O)N(C2CC2)CC1C. The molecule has 2 unspecified atom stereocenters. The quantitative estimate of drug-likeness (QED) is 0.716. The van der Waals surface area contributed by atoms with Crippen LogP contribution in [0.15, 0.2) is 0 Å². The number of rotatable bonds is 3. The summed E-state index contributed by atoms with van der Waals surface area (Å²) in [6.07, 6.45) is 2.40. The molecule has 1 saturated carbocycles. The number of nitrogens with zero attached hydrogens (tertiary/aromatic N) is 2. The van der Waals surface area contributed by atoms with Crippen LogP contribution in [0.4, 0.5) is 0 Å². The topological polar surface area (TPSA) is 49.6 Å². The van der Waals surface area contributed by atoms with Gasteiger partial charge in [-0.25, -0.2) is 0 Å². The third kappa shape index (κ3) is 2.49. The number of nitrogens with two attached hydrogens (primary N) is 1. The number of hydrogen-bond acceptors (Lipinski definition) is 3. The Bertz CT molecular complexity index is 250. The van der Waals surface area contributed by atoms with Crippen LogP contribution in [0, 0.1) is 0 Å². The first kappa shape index (κ1) is 10.9. The fourth-order valence-corrected chi connectivity index (χ4v) is 2.28. The van der Waals surface area contributed by atoms with Gasteiger partial charge in [0.25, 0.3) is 0 Å². The van der Waals surface area contributed by atoms with Gasteiger partial charge in [0.2, 0.25) is 5.91 Å². The molecule has 1 aliphatic carbocycles. The number of carbonyl (C=O) groups is 1. The fraction of sp³-hybridized carbons (Fsp3) is 0.909. The molecule has 2 rings (SSSR count). The van der Waals surface area contributed by atoms with E-state index in [4.69, 9.17) is 5.73 Å². The maximum Gasteiger partial charge on any atom is 0.237 e. The summed E-state index contributed by atoms with van der Waals surface area (Å²) >= 11 is 0. The van der Waals surface area contributed by atoms with Crippen molar-refractivity contribution in [1.82, 2.24) is 9.80 Å². The molecule has 0 radical (unpaired) electrons. The molecule has 86 valence electrons. The molecule has 15 heavy (non-hydrogen) atoms. The van der Waals surface area contributed by atoms with Gasteiger partial charge < -0.3 is 10.6 Å². The lowest BCUT2D eigenvalue weighted by Crippen LogP contribution is -2.57. The third-order valence-electron chi connectivity index (χ3n) is 3.25. The van der Waals surface area contributed by atoms with Crippen LogP contribution in [0.1, 0.15) is 26.7 Å². The van der Waals surface area contributed by atoms with Gasteiger partial charge in [-0.15, -0.1) is 0 Å². The molecule has 4 nitrogen and oxygen atoms in total. The van der Waals surface area contributed by atoms with Crippen LogP contribution in [-0.4, -0.2) is 53.5 Å². The zero-order chi connectivity index (χ0) is 11.0. The number of amides is 1. The fourth-order valence-electron chi connectivity index (χ4n) is 2.28. The molecule has 2 aliphatic rings. The zero-order valence-electron chi connectivity index (χ0n) is 9.65. The predicted molar refractivity (Wildman–Crippen MR) is 59.4 cm³/mol. The minimum Gasteiger partial charge on any atom is -0.337 e. The van der Waals surface area contributed by atoms with E-state index < -0.39 is 0 Å². The van der Waals surface area contributed by atoms with E-state index in [2.05, 4.69) is 16.7 Å². The Labute approximate surface area is 91.4 Å². The van der Waals surface area contributed by atoms with Gasteiger partial charge in [-0.3, -0.25) is 9.69 Å². The molecule has 1 aliphatic heterocycles. The molecule has 1 saturated heterocycles. The Kier molecular flexibility index (Phi) is 2.98. The lowest BCUT2D eigenvalue weighted by atomic mass is 10.1. The summed E-state index contributed by atoms with van der Waals surface area (Å²) in [7, 11) is 0. The summed E-state index contributed by atoms with van der Waals surface area (Å²) in [6, 6.07) is 1.15. The summed E-state index contributed by atoms with van der Waals surface area (Å²) in [4.78, 5) is 16.1. The first-order chi connectivity index (χ1) is 7.08. The highest BCUT2D eigenvalue weighted by molar-refractivity contribution is 5.79. The van der Waals surface area contributed by atoms with Crippen molar-refractivity contribution in [3.05, 3.63) is 0 Å². The number of carbonyl (C=O) groups excluding carboxylic acids is 1. The van der Waals surface area contributed by atoms with E-state index in [0.717, 1.165) is 13.1 Å². The van der Waals surface area contributed by atoms with Crippen molar-refractivity contribution in [1.29, 1.82) is 0 Å². The van der Waals surface area contributed by atoms with E-state index in [1.807, 2.05) is 6.92 Å². The smallest absolute Gasteiger partial charge is 0.237 e. The second kappa shape index (κ2) is 4.10. The minimum absolute atomic E-state index is 0.146. The highest BCUT2D eigenvalue weighted by atomic mass is 16.2. The van der Waals surface area contributed by atoms with E-state index in [1.165, 1.54) is 12.8 Å². The average molecular weight is 211 g/mol. The maximum atomic E-state index is 11.9. The van der Waals surface area contributed by atoms with Crippen LogP contribution in [0.25, 0.3) is 0 Å². The van der Waals surface area contributed by atoms with Gasteiger partial charge in [-0.2, -0.15) is 0 Å². The summed E-state index contributed by atoms with van der Waals surface area (Å²) in [5.41, 5.74) is 5.77. The molecule has 0 aromatic carbocycles. The molecule has 2 N–H and O–H groups in total. The number of piperazine rings is 1. The standard InChI is InChI=1S/C11H21N3O/c1-8(12)5-13-7-11(15)14(6-9(13)2)10-3-4-10/h8-10H,3-7,12H2,1-2H3. The highest BCUT2D eigenvalue weighted by Crippen LogP contribution is 2.29. The van der Waals surface area contributed by atoms with Gasteiger partial charge in [0.1, 0.15) is 0 Å². The second-order valence-corrected chi connectivity index (χ2v) is 5.03. The molecular formula is C11H21N3O. The van der Waals surface area contributed by atoms with E-state index in [1.54, 1.807) is 0 Å². The minimum atomic E-state index is 0.146. The maximum absolute atomic E-state index is 11.9. The van der Waals surface area contributed by atoms with Crippen LogP contribution in [0.5, 0.6) is 0 Å². The Morgan fingerprint density at radius 2 is 2.20 bits per heavy atom. The van der Waals surface area contributed by atoms with Gasteiger partial charge in [0, 0.05) is 31.2 Å². The molecule has 2 atom stereocenters. The zero-order valence-corrected chi connectivity index (χ0v) is 9.65. The summed E-state index contributed by atoms with van der Waals surface area (Å²) in [5.74, 6) is 0.288. The first-order valence-electron chi connectivity index (χ1n) is 5.87. The molecular weight excluding hydrogens is 190 g/mol. The van der Waals surface area contributed by atoms with E-state index in [-0.39, 0.29) is 11.9 Å². The van der Waals surface area contributed by atoms with Crippen molar-refractivity contribution < 1.29 is 4.79 Å². The molecule has 0 aromatic heterocycles.